The summed E-state index contributed by atoms with van der Waals surface area (Å²) in [6.45, 7) is 1.84. The molecule has 3 heterocycles. The SMILES string of the molecule is CCC1=C(C(=O)O)N2C(=O)[C@@H](CC(=O)/C(=N/O)c3nc(N)sc3Cl)C2CC1. The van der Waals surface area contributed by atoms with Crippen molar-refractivity contribution < 1.29 is 24.7 Å². The van der Waals surface area contributed by atoms with E-state index in [1.807, 2.05) is 6.92 Å². The third kappa shape index (κ3) is 3.19. The number of aromatic nitrogens is 1. The van der Waals surface area contributed by atoms with Crippen LogP contribution in [0, 0.1) is 5.92 Å². The van der Waals surface area contributed by atoms with Gasteiger partial charge in [0.25, 0.3) is 0 Å². The number of aliphatic carboxylic acids is 1. The molecule has 1 aromatic heterocycles. The number of Topliss-reactive ketones (excluding diaryl/α,β-unsaturated/α-hetero) is 1. The maximum Gasteiger partial charge on any atom is 0.352 e. The highest BCUT2D eigenvalue weighted by atomic mass is 35.5. The quantitative estimate of drug-likeness (QED) is 0.280. The van der Waals surface area contributed by atoms with E-state index >= 15 is 0 Å². The Hall–Kier alpha value is -2.46. The number of β-lactam (4-membered cyclic amide) rings is 1. The van der Waals surface area contributed by atoms with E-state index < -0.39 is 23.6 Å². The van der Waals surface area contributed by atoms with E-state index in [0.717, 1.165) is 16.9 Å². The van der Waals surface area contributed by atoms with Gasteiger partial charge in [0.05, 0.1) is 5.92 Å². The summed E-state index contributed by atoms with van der Waals surface area (Å²) < 4.78 is 0.108. The molecule has 3 rings (SSSR count). The van der Waals surface area contributed by atoms with Gasteiger partial charge >= 0.3 is 5.97 Å². The number of rotatable bonds is 6. The van der Waals surface area contributed by atoms with Crippen LogP contribution in [0.2, 0.25) is 4.34 Å². The van der Waals surface area contributed by atoms with Crippen LogP contribution in [0.4, 0.5) is 5.13 Å². The predicted octanol–water partition coefficient (Wildman–Crippen LogP) is 1.89. The molecule has 2 atom stereocenters. The number of anilines is 1. The molecule has 0 aliphatic carbocycles. The van der Waals surface area contributed by atoms with Crippen LogP contribution in [-0.4, -0.2) is 49.6 Å². The molecule has 2 aliphatic heterocycles. The van der Waals surface area contributed by atoms with Crippen LogP contribution in [-0.2, 0) is 14.4 Å². The van der Waals surface area contributed by atoms with Crippen molar-refractivity contribution in [1.82, 2.24) is 9.88 Å². The highest BCUT2D eigenvalue weighted by Crippen LogP contribution is 2.42. The fourth-order valence-corrected chi connectivity index (χ4v) is 4.57. The van der Waals surface area contributed by atoms with Crippen molar-refractivity contribution in [1.29, 1.82) is 0 Å². The molecule has 1 saturated heterocycles. The number of allylic oxidation sites excluding steroid dienone is 1. The maximum absolute atomic E-state index is 12.6. The average molecular weight is 413 g/mol. The Morgan fingerprint density at radius 1 is 1.48 bits per heavy atom. The van der Waals surface area contributed by atoms with Crippen LogP contribution in [0.3, 0.4) is 0 Å². The molecule has 1 fully saturated rings. The highest BCUT2D eigenvalue weighted by molar-refractivity contribution is 7.19. The molecular formula is C16H17ClN4O5S. The predicted molar refractivity (Wildman–Crippen MR) is 97.8 cm³/mol. The summed E-state index contributed by atoms with van der Waals surface area (Å²) in [5, 5.41) is 21.8. The first-order chi connectivity index (χ1) is 12.8. The summed E-state index contributed by atoms with van der Waals surface area (Å²) in [6, 6.07) is -0.362. The van der Waals surface area contributed by atoms with Gasteiger partial charge in [-0.1, -0.05) is 35.0 Å². The lowest BCUT2D eigenvalue weighted by atomic mass is 9.75. The molecule has 2 aliphatic rings. The summed E-state index contributed by atoms with van der Waals surface area (Å²) >= 11 is 6.89. The third-order valence-electron chi connectivity index (χ3n) is 4.89. The third-order valence-corrected chi connectivity index (χ3v) is 5.98. The minimum atomic E-state index is -1.14. The molecule has 11 heteroatoms. The van der Waals surface area contributed by atoms with Crippen LogP contribution in [0.25, 0.3) is 0 Å². The van der Waals surface area contributed by atoms with E-state index in [9.17, 15) is 24.7 Å². The molecule has 1 unspecified atom stereocenters. The number of nitrogen functional groups attached to an aromatic ring is 1. The van der Waals surface area contributed by atoms with E-state index in [1.165, 1.54) is 4.90 Å². The van der Waals surface area contributed by atoms with E-state index in [1.54, 1.807) is 0 Å². The van der Waals surface area contributed by atoms with Gasteiger partial charge in [-0.05, 0) is 24.8 Å². The second kappa shape index (κ2) is 7.28. The number of halogens is 1. The van der Waals surface area contributed by atoms with E-state index in [0.29, 0.717) is 19.3 Å². The Morgan fingerprint density at radius 3 is 2.70 bits per heavy atom. The van der Waals surface area contributed by atoms with Crippen molar-refractivity contribution >= 4 is 51.4 Å². The standard InChI is InChI=1S/C16H17ClN4O5S/c1-2-6-3-4-8-7(14(23)21(8)12(6)15(24)25)5-9(22)10(20-26)11-13(17)27-16(18)19-11/h7-8,26H,2-5H2,1H3,(H2,18,19)(H,24,25)/b20-10-/t7-,8?/m0/s1. The number of fused-ring (bicyclic) bond motifs is 1. The normalized spacial score (nSPS) is 22.5. The summed E-state index contributed by atoms with van der Waals surface area (Å²) in [4.78, 5) is 41.8. The van der Waals surface area contributed by atoms with E-state index in [-0.39, 0.29) is 39.0 Å². The number of nitrogens with two attached hydrogens (primary N) is 1. The van der Waals surface area contributed by atoms with Gasteiger partial charge in [0.15, 0.2) is 16.6 Å². The number of carboxylic acid groups (broad SMARTS) is 1. The summed E-state index contributed by atoms with van der Waals surface area (Å²) in [5.41, 5.74) is 5.89. The summed E-state index contributed by atoms with van der Waals surface area (Å²) in [7, 11) is 0. The minimum absolute atomic E-state index is 0.0221. The van der Waals surface area contributed by atoms with E-state index in [4.69, 9.17) is 17.3 Å². The number of carbonyl (C=O) groups is 3. The van der Waals surface area contributed by atoms with E-state index in [2.05, 4.69) is 10.1 Å². The maximum atomic E-state index is 12.6. The highest BCUT2D eigenvalue weighted by Gasteiger charge is 2.53. The molecular weight excluding hydrogens is 396 g/mol. The van der Waals surface area contributed by atoms with Crippen LogP contribution >= 0.6 is 22.9 Å². The van der Waals surface area contributed by atoms with Crippen molar-refractivity contribution in [2.24, 2.45) is 11.1 Å². The molecule has 0 spiro atoms. The van der Waals surface area contributed by atoms with Gasteiger partial charge in [-0.15, -0.1) is 0 Å². The number of amides is 1. The van der Waals surface area contributed by atoms with Crippen molar-refractivity contribution in [3.63, 3.8) is 0 Å². The molecule has 0 saturated carbocycles. The Morgan fingerprint density at radius 2 is 2.19 bits per heavy atom. The van der Waals surface area contributed by atoms with Crippen molar-refractivity contribution in [3.8, 4) is 0 Å². The topological polar surface area (TPSA) is 146 Å². The number of thiazole rings is 1. The van der Waals surface area contributed by atoms with Crippen LogP contribution < -0.4 is 5.73 Å². The smallest absolute Gasteiger partial charge is 0.352 e. The van der Waals surface area contributed by atoms with Crippen molar-refractivity contribution in [3.05, 3.63) is 21.3 Å². The molecule has 0 bridgehead atoms. The Bertz CT molecular complexity index is 893. The summed E-state index contributed by atoms with van der Waals surface area (Å²) in [5.74, 6) is -2.84. The number of oxime groups is 1. The molecule has 1 aromatic rings. The van der Waals surface area contributed by atoms with Crippen LogP contribution in [0.1, 0.15) is 38.3 Å². The number of nitrogens with zero attached hydrogens (tertiary/aromatic N) is 3. The van der Waals surface area contributed by atoms with Crippen LogP contribution in [0.5, 0.6) is 0 Å². The molecule has 0 aromatic carbocycles. The minimum Gasteiger partial charge on any atom is -0.477 e. The summed E-state index contributed by atoms with van der Waals surface area (Å²) in [6.07, 6.45) is 1.47. The fourth-order valence-electron chi connectivity index (χ4n) is 3.64. The molecule has 0 radical (unpaired) electrons. The Balaban J connectivity index is 1.79. The number of hydrogen-bond donors (Lipinski definition) is 3. The second-order valence-electron chi connectivity index (χ2n) is 6.28. The van der Waals surface area contributed by atoms with Gasteiger partial charge < -0.3 is 20.9 Å². The van der Waals surface area contributed by atoms with Gasteiger partial charge in [0.2, 0.25) is 5.91 Å². The van der Waals surface area contributed by atoms with Gasteiger partial charge in [-0.2, -0.15) is 0 Å². The van der Waals surface area contributed by atoms with Crippen molar-refractivity contribution in [2.45, 2.75) is 38.6 Å². The van der Waals surface area contributed by atoms with Crippen LogP contribution in [0.15, 0.2) is 16.4 Å². The first kappa shape index (κ1) is 19.3. The molecule has 1 amide bonds. The largest absolute Gasteiger partial charge is 0.477 e. The monoisotopic (exact) mass is 412 g/mol. The molecule has 144 valence electrons. The van der Waals surface area contributed by atoms with Gasteiger partial charge in [-0.3, -0.25) is 9.59 Å². The lowest BCUT2D eigenvalue weighted by Gasteiger charge is -2.50. The first-order valence-corrected chi connectivity index (χ1v) is 9.45. The lowest BCUT2D eigenvalue weighted by molar-refractivity contribution is -0.159. The Kier molecular flexibility index (Phi) is 5.20. The lowest BCUT2D eigenvalue weighted by Crippen LogP contribution is -2.63. The first-order valence-electron chi connectivity index (χ1n) is 8.25. The zero-order chi connectivity index (χ0) is 19.9. The average Bonchev–Trinajstić information content (AvgIpc) is 2.96. The number of hydrogen-bond acceptors (Lipinski definition) is 8. The fraction of sp³-hybridized carbons (Fsp3) is 0.438. The number of ketones is 1. The van der Waals surface area contributed by atoms with Gasteiger partial charge in [-0.25, -0.2) is 9.78 Å². The van der Waals surface area contributed by atoms with Gasteiger partial charge in [0, 0.05) is 12.5 Å². The molecule has 9 nitrogen and oxygen atoms in total. The molecule has 27 heavy (non-hydrogen) atoms. The second-order valence-corrected chi connectivity index (χ2v) is 7.91. The Labute approximate surface area is 163 Å². The molecule has 4 N–H and O–H groups in total. The van der Waals surface area contributed by atoms with Crippen molar-refractivity contribution in [2.75, 3.05) is 5.73 Å². The zero-order valence-corrected chi connectivity index (χ0v) is 15.9. The number of carboxylic acids is 1. The van der Waals surface area contributed by atoms with Gasteiger partial charge in [0.1, 0.15) is 15.7 Å². The zero-order valence-electron chi connectivity index (χ0n) is 14.3. The number of carbonyl (C=O) groups excluding carboxylic acids is 2.